The molecule has 2 aromatic rings. The Bertz CT molecular complexity index is 1350. The maximum atomic E-state index is 12.4. The molecule has 1 aliphatic rings. The van der Waals surface area contributed by atoms with Crippen LogP contribution in [0.5, 0.6) is 0 Å². The van der Waals surface area contributed by atoms with Crippen molar-refractivity contribution in [1.82, 2.24) is 9.71 Å². The summed E-state index contributed by atoms with van der Waals surface area (Å²) in [6.07, 6.45) is 12.5. The largest absolute Gasteiger partial charge is 0.396 e. The van der Waals surface area contributed by atoms with Gasteiger partial charge in [0, 0.05) is 41.3 Å². The molecule has 0 saturated heterocycles. The molecule has 36 heavy (non-hydrogen) atoms. The molecule has 0 aliphatic heterocycles. The maximum absolute atomic E-state index is 12.4. The van der Waals surface area contributed by atoms with Crippen LogP contribution < -0.4 is 4.72 Å². The number of nitrogens with one attached hydrogen (secondary N) is 2. The molecule has 0 fully saturated rings. The summed E-state index contributed by atoms with van der Waals surface area (Å²) >= 11 is 13.0. The molecule has 4 N–H and O–H groups in total. The molecule has 3 rings (SSSR count). The van der Waals surface area contributed by atoms with Crippen LogP contribution in [0.3, 0.4) is 0 Å². The monoisotopic (exact) mass is 552 g/mol. The number of ketones is 1. The number of carbonyl (C=O) groups excluding carboxylic acids is 1. The number of Topliss-reactive ketones (excluding diaryl/α,β-unsaturated/α-hetero) is 1. The second-order valence-electron chi connectivity index (χ2n) is 8.78. The molecule has 0 radical (unpaired) electrons. The van der Waals surface area contributed by atoms with Crippen LogP contribution in [0.15, 0.2) is 23.1 Å². The van der Waals surface area contributed by atoms with E-state index in [9.17, 15) is 18.3 Å². The van der Waals surface area contributed by atoms with Crippen molar-refractivity contribution in [2.45, 2.75) is 45.4 Å². The van der Waals surface area contributed by atoms with Gasteiger partial charge in [-0.15, -0.1) is 6.42 Å². The number of benzene rings is 1. The van der Waals surface area contributed by atoms with E-state index in [1.165, 1.54) is 13.0 Å². The lowest BCUT2D eigenvalue weighted by molar-refractivity contribution is -0.126. The molecule has 0 spiro atoms. The van der Waals surface area contributed by atoms with Crippen LogP contribution in [0.25, 0.3) is 16.5 Å². The number of aliphatic hydroxyl groups is 2. The van der Waals surface area contributed by atoms with E-state index in [-0.39, 0.29) is 29.8 Å². The molecule has 1 aliphatic carbocycles. The third-order valence-electron chi connectivity index (χ3n) is 6.48. The van der Waals surface area contributed by atoms with Crippen molar-refractivity contribution in [2.24, 2.45) is 5.92 Å². The first-order valence-electron chi connectivity index (χ1n) is 11.8. The molecule has 10 heteroatoms. The third-order valence-corrected chi connectivity index (χ3v) is 8.83. The molecule has 7 nitrogen and oxygen atoms in total. The van der Waals surface area contributed by atoms with Crippen molar-refractivity contribution >= 4 is 55.5 Å². The van der Waals surface area contributed by atoms with E-state index >= 15 is 0 Å². The second kappa shape index (κ2) is 12.4. The fraction of sp³-hybridized carbons (Fsp3) is 0.423. The summed E-state index contributed by atoms with van der Waals surface area (Å²) in [5, 5.41) is 19.7. The minimum absolute atomic E-state index is 0.0773. The quantitative estimate of drug-likeness (QED) is 0.211. The number of halogens is 2. The summed E-state index contributed by atoms with van der Waals surface area (Å²) in [7, 11) is -3.71. The van der Waals surface area contributed by atoms with Gasteiger partial charge in [0.25, 0.3) is 0 Å². The number of H-pyrrole nitrogens is 1. The molecule has 0 bridgehead atoms. The van der Waals surface area contributed by atoms with E-state index in [2.05, 4.69) is 15.6 Å². The normalized spacial score (nSPS) is 17.4. The van der Waals surface area contributed by atoms with Crippen molar-refractivity contribution in [3.63, 3.8) is 0 Å². The molecule has 1 atom stereocenters. The number of aromatic amines is 1. The number of hydrogen-bond donors (Lipinski definition) is 4. The molecule has 194 valence electrons. The minimum Gasteiger partial charge on any atom is -0.396 e. The molecule has 1 aromatic carbocycles. The molecule has 1 unspecified atom stereocenters. The highest BCUT2D eigenvalue weighted by Crippen LogP contribution is 2.41. The Morgan fingerprint density at radius 1 is 1.28 bits per heavy atom. The molecule has 0 saturated carbocycles. The van der Waals surface area contributed by atoms with Gasteiger partial charge in [-0.25, -0.2) is 13.1 Å². The summed E-state index contributed by atoms with van der Waals surface area (Å²) in [6, 6.07) is 1.69. The zero-order valence-corrected chi connectivity index (χ0v) is 22.4. The topological polar surface area (TPSA) is 119 Å². The number of hydrogen-bond acceptors (Lipinski definition) is 5. The summed E-state index contributed by atoms with van der Waals surface area (Å²) in [4.78, 5) is 15.5. The zero-order chi connectivity index (χ0) is 26.5. The Labute approximate surface area is 221 Å². The molecule has 1 heterocycles. The van der Waals surface area contributed by atoms with Crippen LogP contribution in [0.1, 0.15) is 49.4 Å². The lowest BCUT2D eigenvalue weighted by Gasteiger charge is -2.18. The smallest absolute Gasteiger partial charge is 0.236 e. The summed E-state index contributed by atoms with van der Waals surface area (Å²) in [6.45, 7) is 1.03. The number of carbonyl (C=O) groups is 1. The van der Waals surface area contributed by atoms with E-state index < -0.39 is 16.6 Å². The first-order valence-corrected chi connectivity index (χ1v) is 14.0. The highest BCUT2D eigenvalue weighted by molar-refractivity contribution is 7.93. The van der Waals surface area contributed by atoms with Crippen molar-refractivity contribution in [1.29, 1.82) is 0 Å². The van der Waals surface area contributed by atoms with Crippen molar-refractivity contribution < 1.29 is 23.4 Å². The average Bonchev–Trinajstić information content (AvgIpc) is 3.19. The lowest BCUT2D eigenvalue weighted by Crippen LogP contribution is -2.25. The van der Waals surface area contributed by atoms with E-state index in [1.54, 1.807) is 12.1 Å². The van der Waals surface area contributed by atoms with Crippen LogP contribution >= 0.6 is 23.2 Å². The molecular formula is C26H30Cl2N2O5S. The number of allylic oxidation sites excluding steroid dienone is 4. The molecular weight excluding hydrogens is 523 g/mol. The van der Waals surface area contributed by atoms with E-state index in [0.717, 1.165) is 23.1 Å². The first kappa shape index (κ1) is 28.5. The number of sulfonamides is 1. The van der Waals surface area contributed by atoms with E-state index in [1.807, 2.05) is 0 Å². The fourth-order valence-electron chi connectivity index (χ4n) is 4.48. The van der Waals surface area contributed by atoms with E-state index in [4.69, 9.17) is 34.7 Å². The van der Waals surface area contributed by atoms with Gasteiger partial charge in [-0.05, 0) is 69.2 Å². The summed E-state index contributed by atoms with van der Waals surface area (Å²) in [5.41, 5.74) is 3.76. The standard InChI is InChI=1S/C26H30Cl2N2O5S/c1-3-17(9-8-16(2)36(34,35)29-12-5-13-31)20-14-21(27)25(28)26-24(20)19-7-4-6-18(23(33)15-32)10-11-22(19)30-26/h1,8-9,14,18,29-32H,4-7,10-13,15H2,2H3/b16-8+,17-9+. The second-order valence-corrected chi connectivity index (χ2v) is 11.5. The van der Waals surface area contributed by atoms with Gasteiger partial charge in [-0.1, -0.05) is 29.1 Å². The number of fused-ring (bicyclic) bond motifs is 3. The Kier molecular flexibility index (Phi) is 9.81. The molecule has 1 aromatic heterocycles. The maximum Gasteiger partial charge on any atom is 0.236 e. The average molecular weight is 554 g/mol. The van der Waals surface area contributed by atoms with Gasteiger partial charge < -0.3 is 15.2 Å². The predicted molar refractivity (Wildman–Crippen MR) is 144 cm³/mol. The number of aliphatic hydroxyl groups excluding tert-OH is 2. The van der Waals surface area contributed by atoms with Crippen molar-refractivity contribution in [3.05, 3.63) is 50.0 Å². The van der Waals surface area contributed by atoms with Gasteiger partial charge in [-0.3, -0.25) is 4.79 Å². The fourth-order valence-corrected chi connectivity index (χ4v) is 5.77. The lowest BCUT2D eigenvalue weighted by atomic mass is 9.86. The highest BCUT2D eigenvalue weighted by Gasteiger charge is 2.25. The predicted octanol–water partition coefficient (Wildman–Crippen LogP) is 4.14. The Balaban J connectivity index is 2.07. The van der Waals surface area contributed by atoms with Gasteiger partial charge in [0.1, 0.15) is 6.61 Å². The van der Waals surface area contributed by atoms with Gasteiger partial charge in [0.05, 0.1) is 20.5 Å². The number of terminal acetylenes is 1. The third kappa shape index (κ3) is 6.23. The SMILES string of the molecule is C#C/C(=C\C=C(/C)S(=O)(=O)NCCCO)c1cc(Cl)c(Cl)c2[nH]c3c(c12)CCCC(C(=O)CO)CC3. The van der Waals surface area contributed by atoms with E-state index in [0.29, 0.717) is 58.8 Å². The number of rotatable bonds is 9. The Hall–Kier alpha value is -2.12. The Morgan fingerprint density at radius 2 is 2.03 bits per heavy atom. The molecule has 0 amide bonds. The summed E-state index contributed by atoms with van der Waals surface area (Å²) in [5.74, 6) is 2.32. The van der Waals surface area contributed by atoms with Gasteiger partial charge >= 0.3 is 0 Å². The first-order chi connectivity index (χ1) is 17.1. The van der Waals surface area contributed by atoms with Crippen LogP contribution in [0, 0.1) is 18.3 Å². The van der Waals surface area contributed by atoms with Crippen molar-refractivity contribution in [3.8, 4) is 12.3 Å². The summed E-state index contributed by atoms with van der Waals surface area (Å²) < 4.78 is 27.3. The number of aromatic nitrogens is 1. The van der Waals surface area contributed by atoms with Crippen LogP contribution in [-0.4, -0.2) is 49.2 Å². The van der Waals surface area contributed by atoms with Gasteiger partial charge in [0.15, 0.2) is 5.78 Å². The van der Waals surface area contributed by atoms with Crippen LogP contribution in [0.4, 0.5) is 0 Å². The zero-order valence-electron chi connectivity index (χ0n) is 20.0. The number of aryl methyl sites for hydroxylation is 2. The van der Waals surface area contributed by atoms with Crippen LogP contribution in [-0.2, 0) is 27.7 Å². The van der Waals surface area contributed by atoms with Gasteiger partial charge in [-0.2, -0.15) is 0 Å². The Morgan fingerprint density at radius 3 is 2.69 bits per heavy atom. The minimum atomic E-state index is -3.71. The van der Waals surface area contributed by atoms with Crippen LogP contribution in [0.2, 0.25) is 10.0 Å². The van der Waals surface area contributed by atoms with Gasteiger partial charge in [0.2, 0.25) is 10.0 Å². The van der Waals surface area contributed by atoms with Crippen molar-refractivity contribution in [2.75, 3.05) is 19.8 Å². The highest BCUT2D eigenvalue weighted by atomic mass is 35.5.